The second kappa shape index (κ2) is 9.44. The molecule has 2 amide bonds. The van der Waals surface area contributed by atoms with Crippen LogP contribution in [0.2, 0.25) is 0 Å². The third kappa shape index (κ3) is 4.53. The summed E-state index contributed by atoms with van der Waals surface area (Å²) in [4.78, 5) is 44.2. The fourth-order valence-electron chi connectivity index (χ4n) is 3.96. The lowest BCUT2D eigenvalue weighted by atomic mass is 10.1. The fraction of sp³-hybridized carbons (Fsp3) is 0.250. The molecule has 1 aliphatic rings. The molecular formula is C24H23FN4O5. The Morgan fingerprint density at radius 1 is 1.15 bits per heavy atom. The number of nitrogens with zero attached hydrogens (tertiary/aromatic N) is 3. The smallest absolute Gasteiger partial charge is 0.296 e. The van der Waals surface area contributed by atoms with Gasteiger partial charge in [-0.3, -0.25) is 19.0 Å². The highest BCUT2D eigenvalue weighted by Crippen LogP contribution is 2.32. The van der Waals surface area contributed by atoms with E-state index in [1.807, 2.05) is 0 Å². The van der Waals surface area contributed by atoms with Crippen molar-refractivity contribution < 1.29 is 24.2 Å². The average molecular weight is 466 g/mol. The van der Waals surface area contributed by atoms with E-state index in [1.165, 1.54) is 36.2 Å². The van der Waals surface area contributed by atoms with E-state index in [9.17, 15) is 29.0 Å². The molecule has 34 heavy (non-hydrogen) atoms. The Morgan fingerprint density at radius 3 is 2.50 bits per heavy atom. The van der Waals surface area contributed by atoms with Crippen molar-refractivity contribution >= 4 is 11.8 Å². The highest BCUT2D eigenvalue weighted by molar-refractivity contribution is 5.95. The standard InChI is InChI=1S/C24H23FN4O5/c1-28-21(18-11-17(30)13-29(18)23(33)15-5-3-2-4-6-15)27-19(20(31)24(28)34)22(32)26-12-14-7-9-16(25)10-8-14/h2-10,17-18,30-31H,11-13H2,1H3,(H,26,32)/t17-,18+/m1/s1. The minimum Gasteiger partial charge on any atom is -0.501 e. The molecule has 10 heteroatoms. The molecule has 176 valence electrons. The Balaban J connectivity index is 1.65. The number of amides is 2. The first-order chi connectivity index (χ1) is 16.3. The number of hydrogen-bond donors (Lipinski definition) is 3. The van der Waals surface area contributed by atoms with Gasteiger partial charge in [0.25, 0.3) is 17.4 Å². The van der Waals surface area contributed by atoms with Gasteiger partial charge in [-0.1, -0.05) is 30.3 Å². The van der Waals surface area contributed by atoms with E-state index in [-0.39, 0.29) is 31.2 Å². The zero-order valence-corrected chi connectivity index (χ0v) is 18.3. The summed E-state index contributed by atoms with van der Waals surface area (Å²) in [7, 11) is 1.38. The number of carbonyl (C=O) groups is 2. The minimum absolute atomic E-state index is 0.0194. The molecule has 0 bridgehead atoms. The number of aromatic nitrogens is 2. The Morgan fingerprint density at radius 2 is 1.82 bits per heavy atom. The third-order valence-electron chi connectivity index (χ3n) is 5.74. The number of likely N-dealkylation sites (tertiary alicyclic amines) is 1. The predicted octanol–water partition coefficient (Wildman–Crippen LogP) is 1.50. The van der Waals surface area contributed by atoms with Crippen LogP contribution >= 0.6 is 0 Å². The molecule has 0 spiro atoms. The van der Waals surface area contributed by atoms with Crippen LogP contribution in [-0.2, 0) is 13.6 Å². The first-order valence-electron chi connectivity index (χ1n) is 10.6. The molecular weight excluding hydrogens is 443 g/mol. The maximum absolute atomic E-state index is 13.1. The summed E-state index contributed by atoms with van der Waals surface area (Å²) >= 11 is 0. The first kappa shape index (κ1) is 23.1. The molecule has 0 unspecified atom stereocenters. The first-order valence-corrected chi connectivity index (χ1v) is 10.6. The van der Waals surface area contributed by atoms with Crippen LogP contribution in [0, 0.1) is 5.82 Å². The van der Waals surface area contributed by atoms with Gasteiger partial charge in [-0.05, 0) is 29.8 Å². The van der Waals surface area contributed by atoms with E-state index in [1.54, 1.807) is 30.3 Å². The fourth-order valence-corrected chi connectivity index (χ4v) is 3.96. The predicted molar refractivity (Wildman–Crippen MR) is 120 cm³/mol. The van der Waals surface area contributed by atoms with E-state index in [2.05, 4.69) is 10.3 Å². The van der Waals surface area contributed by atoms with E-state index in [4.69, 9.17) is 0 Å². The van der Waals surface area contributed by atoms with Gasteiger partial charge >= 0.3 is 0 Å². The van der Waals surface area contributed by atoms with Crippen LogP contribution in [0.5, 0.6) is 5.75 Å². The van der Waals surface area contributed by atoms with Gasteiger partial charge in [0.05, 0.1) is 12.1 Å². The number of aliphatic hydroxyl groups is 1. The Bertz CT molecular complexity index is 1280. The maximum atomic E-state index is 13.1. The number of rotatable bonds is 5. The van der Waals surface area contributed by atoms with Crippen LogP contribution in [-0.4, -0.2) is 49.1 Å². The van der Waals surface area contributed by atoms with Crippen molar-refractivity contribution in [2.24, 2.45) is 7.05 Å². The summed E-state index contributed by atoms with van der Waals surface area (Å²) in [5.41, 5.74) is -0.335. The summed E-state index contributed by atoms with van der Waals surface area (Å²) < 4.78 is 14.2. The molecule has 0 radical (unpaired) electrons. The van der Waals surface area contributed by atoms with Crippen molar-refractivity contribution in [2.45, 2.75) is 25.1 Å². The monoisotopic (exact) mass is 466 g/mol. The van der Waals surface area contributed by atoms with E-state index < -0.39 is 40.9 Å². The van der Waals surface area contributed by atoms with Crippen molar-refractivity contribution in [3.8, 4) is 5.75 Å². The van der Waals surface area contributed by atoms with Crippen molar-refractivity contribution in [3.05, 3.63) is 93.4 Å². The molecule has 1 aliphatic heterocycles. The quantitative estimate of drug-likeness (QED) is 0.524. The van der Waals surface area contributed by atoms with Crippen molar-refractivity contribution in [2.75, 3.05) is 6.54 Å². The maximum Gasteiger partial charge on any atom is 0.296 e. The Kier molecular flexibility index (Phi) is 6.42. The minimum atomic E-state index is -0.856. The molecule has 1 fully saturated rings. The van der Waals surface area contributed by atoms with Gasteiger partial charge in [0.2, 0.25) is 5.75 Å². The van der Waals surface area contributed by atoms with Crippen LogP contribution < -0.4 is 10.9 Å². The number of benzene rings is 2. The lowest BCUT2D eigenvalue weighted by Gasteiger charge is -2.25. The van der Waals surface area contributed by atoms with E-state index >= 15 is 0 Å². The van der Waals surface area contributed by atoms with E-state index in [0.717, 1.165) is 4.57 Å². The van der Waals surface area contributed by atoms with Gasteiger partial charge in [0, 0.05) is 32.1 Å². The summed E-state index contributed by atoms with van der Waals surface area (Å²) in [5.74, 6) is -2.34. The number of hydrogen-bond acceptors (Lipinski definition) is 6. The van der Waals surface area contributed by atoms with Gasteiger partial charge in [-0.25, -0.2) is 9.37 Å². The molecule has 0 aliphatic carbocycles. The Labute approximate surface area is 194 Å². The summed E-state index contributed by atoms with van der Waals surface area (Å²) in [6, 6.07) is 13.2. The van der Waals surface area contributed by atoms with Gasteiger partial charge in [-0.2, -0.15) is 0 Å². The van der Waals surface area contributed by atoms with Crippen LogP contribution in [0.1, 0.15) is 44.7 Å². The third-order valence-corrected chi connectivity index (χ3v) is 5.74. The zero-order chi connectivity index (χ0) is 24.4. The topological polar surface area (TPSA) is 125 Å². The molecule has 2 aromatic carbocycles. The molecule has 1 aromatic heterocycles. The second-order valence-electron chi connectivity index (χ2n) is 8.07. The number of β-amino-alcohol motifs (C(OH)–C–C–N with tert-alkyl or cyclic N) is 1. The Hall–Kier alpha value is -4.05. The van der Waals surface area contributed by atoms with Crippen molar-refractivity contribution in [1.82, 2.24) is 19.8 Å². The molecule has 3 N–H and O–H groups in total. The highest BCUT2D eigenvalue weighted by Gasteiger charge is 2.39. The summed E-state index contributed by atoms with van der Waals surface area (Å²) in [5, 5.41) is 23.2. The molecule has 2 atom stereocenters. The van der Waals surface area contributed by atoms with E-state index in [0.29, 0.717) is 11.1 Å². The highest BCUT2D eigenvalue weighted by atomic mass is 19.1. The molecule has 3 aromatic rings. The normalized spacial score (nSPS) is 17.6. The number of carbonyl (C=O) groups excluding carboxylic acids is 2. The van der Waals surface area contributed by atoms with Gasteiger partial charge in [0.1, 0.15) is 11.6 Å². The SMILES string of the molecule is Cn1c([C@@H]2C[C@@H](O)CN2C(=O)c2ccccc2)nc(C(=O)NCc2ccc(F)cc2)c(O)c1=O. The number of halogens is 1. The lowest BCUT2D eigenvalue weighted by Crippen LogP contribution is -2.36. The average Bonchev–Trinajstić information content (AvgIpc) is 3.23. The van der Waals surface area contributed by atoms with Crippen LogP contribution in [0.15, 0.2) is 59.4 Å². The van der Waals surface area contributed by atoms with Gasteiger partial charge < -0.3 is 20.4 Å². The number of aliphatic hydroxyl groups excluding tert-OH is 1. The van der Waals surface area contributed by atoms with Gasteiger partial charge in [0.15, 0.2) is 5.69 Å². The van der Waals surface area contributed by atoms with Gasteiger partial charge in [-0.15, -0.1) is 0 Å². The van der Waals surface area contributed by atoms with Crippen molar-refractivity contribution in [1.29, 1.82) is 0 Å². The molecule has 1 saturated heterocycles. The molecule has 0 saturated carbocycles. The van der Waals surface area contributed by atoms with Crippen LogP contribution in [0.25, 0.3) is 0 Å². The second-order valence-corrected chi connectivity index (χ2v) is 8.07. The van der Waals surface area contributed by atoms with Crippen LogP contribution in [0.3, 0.4) is 0 Å². The molecule has 2 heterocycles. The lowest BCUT2D eigenvalue weighted by molar-refractivity contribution is 0.0708. The molecule has 4 rings (SSSR count). The van der Waals surface area contributed by atoms with Crippen molar-refractivity contribution in [3.63, 3.8) is 0 Å². The number of aromatic hydroxyl groups is 1. The summed E-state index contributed by atoms with van der Waals surface area (Å²) in [6.07, 6.45) is -0.737. The van der Waals surface area contributed by atoms with Crippen LogP contribution in [0.4, 0.5) is 4.39 Å². The molecule has 9 nitrogen and oxygen atoms in total. The summed E-state index contributed by atoms with van der Waals surface area (Å²) in [6.45, 7) is 0.0484. The zero-order valence-electron chi connectivity index (χ0n) is 18.3. The largest absolute Gasteiger partial charge is 0.501 e. The number of nitrogens with one attached hydrogen (secondary N) is 1.